The van der Waals surface area contributed by atoms with Crippen LogP contribution in [-0.4, -0.2) is 19.5 Å². The molecule has 0 aromatic carbocycles. The highest BCUT2D eigenvalue weighted by molar-refractivity contribution is 4.56. The average Bonchev–Trinajstić information content (AvgIpc) is 1.59. The minimum absolute atomic E-state index is 0. The van der Waals surface area contributed by atoms with Crippen molar-refractivity contribution in [2.45, 2.75) is 33.8 Å². The van der Waals surface area contributed by atoms with Crippen molar-refractivity contribution in [3.05, 3.63) is 0 Å². The van der Waals surface area contributed by atoms with Gasteiger partial charge in [-0.1, -0.05) is 7.43 Å². The molecule has 9 heavy (non-hydrogen) atoms. The van der Waals surface area contributed by atoms with Gasteiger partial charge in [0.2, 0.25) is 0 Å². The SMILES string of the molecule is C.COCOC(C)(C)C. The van der Waals surface area contributed by atoms with Crippen LogP contribution in [0.1, 0.15) is 28.2 Å². The maximum absolute atomic E-state index is 5.16. The first kappa shape index (κ1) is 11.7. The molecule has 0 aliphatic heterocycles. The summed E-state index contributed by atoms with van der Waals surface area (Å²) < 4.78 is 9.85. The molecule has 0 amide bonds. The van der Waals surface area contributed by atoms with Gasteiger partial charge in [0.05, 0.1) is 5.60 Å². The van der Waals surface area contributed by atoms with Gasteiger partial charge in [0, 0.05) is 7.11 Å². The molecular formula is C7H18O2. The molecule has 0 spiro atoms. The second-order valence-corrected chi connectivity index (χ2v) is 2.66. The number of hydrogen-bond donors (Lipinski definition) is 0. The Morgan fingerprint density at radius 1 is 1.22 bits per heavy atom. The quantitative estimate of drug-likeness (QED) is 0.538. The molecule has 0 aromatic heterocycles. The normalized spacial score (nSPS) is 10.7. The standard InChI is InChI=1S/C6H14O2.CH4/c1-6(2,3)8-5-7-4;/h5H2,1-4H3;1H4. The molecule has 58 valence electrons. The molecule has 0 unspecified atom stereocenters. The molecule has 2 heteroatoms. The van der Waals surface area contributed by atoms with E-state index in [0.717, 1.165) is 0 Å². The lowest BCUT2D eigenvalue weighted by atomic mass is 10.2. The topological polar surface area (TPSA) is 18.5 Å². The van der Waals surface area contributed by atoms with E-state index in [0.29, 0.717) is 6.79 Å². The molecule has 0 fully saturated rings. The zero-order chi connectivity index (χ0) is 6.62. The van der Waals surface area contributed by atoms with Crippen molar-refractivity contribution in [1.82, 2.24) is 0 Å². The summed E-state index contributed by atoms with van der Waals surface area (Å²) in [5, 5.41) is 0. The third-order valence-corrected chi connectivity index (χ3v) is 0.610. The molecule has 0 rings (SSSR count). The van der Waals surface area contributed by atoms with Gasteiger partial charge in [-0.15, -0.1) is 0 Å². The van der Waals surface area contributed by atoms with E-state index in [4.69, 9.17) is 9.47 Å². The zero-order valence-corrected chi connectivity index (χ0v) is 6.02. The first-order valence-electron chi connectivity index (χ1n) is 2.69. The fourth-order valence-corrected chi connectivity index (χ4v) is 0.236. The maximum atomic E-state index is 5.16. The number of hydrogen-bond acceptors (Lipinski definition) is 2. The summed E-state index contributed by atoms with van der Waals surface area (Å²) in [6.45, 7) is 6.35. The third kappa shape index (κ3) is 11.5. The van der Waals surface area contributed by atoms with Crippen LogP contribution in [-0.2, 0) is 9.47 Å². The van der Waals surface area contributed by atoms with Crippen molar-refractivity contribution in [2.24, 2.45) is 0 Å². The Hall–Kier alpha value is -0.0800. The fourth-order valence-electron chi connectivity index (χ4n) is 0.236. The highest BCUT2D eigenvalue weighted by atomic mass is 16.7. The average molecular weight is 134 g/mol. The summed E-state index contributed by atoms with van der Waals surface area (Å²) in [6.07, 6.45) is 0. The highest BCUT2D eigenvalue weighted by Crippen LogP contribution is 2.04. The summed E-state index contributed by atoms with van der Waals surface area (Å²) in [4.78, 5) is 0. The Balaban J connectivity index is 0. The number of rotatable bonds is 2. The minimum Gasteiger partial charge on any atom is -0.359 e. The summed E-state index contributed by atoms with van der Waals surface area (Å²) in [5.74, 6) is 0. The molecule has 2 nitrogen and oxygen atoms in total. The van der Waals surface area contributed by atoms with Crippen LogP contribution >= 0.6 is 0 Å². The van der Waals surface area contributed by atoms with Gasteiger partial charge >= 0.3 is 0 Å². The van der Waals surface area contributed by atoms with Crippen molar-refractivity contribution in [3.8, 4) is 0 Å². The van der Waals surface area contributed by atoms with E-state index in [-0.39, 0.29) is 13.0 Å². The number of ether oxygens (including phenoxy) is 2. The molecule has 0 atom stereocenters. The molecule has 0 aromatic rings. The Morgan fingerprint density at radius 2 is 1.67 bits per heavy atom. The lowest BCUT2D eigenvalue weighted by Crippen LogP contribution is -2.20. The second kappa shape index (κ2) is 4.77. The molecule has 0 aliphatic carbocycles. The van der Waals surface area contributed by atoms with Crippen LogP contribution in [0, 0.1) is 0 Å². The molecule has 0 heterocycles. The van der Waals surface area contributed by atoms with Gasteiger partial charge in [0.15, 0.2) is 0 Å². The van der Waals surface area contributed by atoms with Crippen LogP contribution in [0.25, 0.3) is 0 Å². The van der Waals surface area contributed by atoms with E-state index < -0.39 is 0 Å². The van der Waals surface area contributed by atoms with Crippen LogP contribution < -0.4 is 0 Å². The van der Waals surface area contributed by atoms with Crippen molar-refractivity contribution in [3.63, 3.8) is 0 Å². The van der Waals surface area contributed by atoms with Gasteiger partial charge in [-0.2, -0.15) is 0 Å². The van der Waals surface area contributed by atoms with Crippen molar-refractivity contribution in [1.29, 1.82) is 0 Å². The summed E-state index contributed by atoms with van der Waals surface area (Å²) in [6, 6.07) is 0. The third-order valence-electron chi connectivity index (χ3n) is 0.610. The van der Waals surface area contributed by atoms with E-state index in [1.165, 1.54) is 0 Å². The molecule has 0 N–H and O–H groups in total. The van der Waals surface area contributed by atoms with E-state index in [2.05, 4.69) is 0 Å². The van der Waals surface area contributed by atoms with Crippen molar-refractivity contribution in [2.75, 3.05) is 13.9 Å². The summed E-state index contributed by atoms with van der Waals surface area (Å²) in [5.41, 5.74) is -0.0734. The predicted octanol–water partition coefficient (Wildman–Crippen LogP) is 2.04. The van der Waals surface area contributed by atoms with Crippen molar-refractivity contribution < 1.29 is 9.47 Å². The van der Waals surface area contributed by atoms with E-state index >= 15 is 0 Å². The number of methoxy groups -OCH3 is 1. The molecule has 0 bridgehead atoms. The summed E-state index contributed by atoms with van der Waals surface area (Å²) >= 11 is 0. The molecule has 0 saturated carbocycles. The molecule has 0 saturated heterocycles. The van der Waals surface area contributed by atoms with Gasteiger partial charge in [-0.25, -0.2) is 0 Å². The molecule has 0 aliphatic rings. The fraction of sp³-hybridized carbons (Fsp3) is 1.00. The zero-order valence-electron chi connectivity index (χ0n) is 6.02. The first-order chi connectivity index (χ1) is 3.56. The maximum Gasteiger partial charge on any atom is 0.147 e. The Labute approximate surface area is 58.2 Å². The smallest absolute Gasteiger partial charge is 0.147 e. The van der Waals surface area contributed by atoms with Crippen LogP contribution in [0.15, 0.2) is 0 Å². The van der Waals surface area contributed by atoms with Gasteiger partial charge in [0.25, 0.3) is 0 Å². The van der Waals surface area contributed by atoms with E-state index in [9.17, 15) is 0 Å². The Morgan fingerprint density at radius 3 is 1.78 bits per heavy atom. The van der Waals surface area contributed by atoms with Crippen molar-refractivity contribution >= 4 is 0 Å². The van der Waals surface area contributed by atoms with E-state index in [1.807, 2.05) is 20.8 Å². The molecule has 0 radical (unpaired) electrons. The Bertz CT molecular complexity index is 54.4. The van der Waals surface area contributed by atoms with Gasteiger partial charge in [0.1, 0.15) is 6.79 Å². The van der Waals surface area contributed by atoms with E-state index in [1.54, 1.807) is 7.11 Å². The van der Waals surface area contributed by atoms with Gasteiger partial charge in [-0.3, -0.25) is 0 Å². The van der Waals surface area contributed by atoms with Crippen LogP contribution in [0.3, 0.4) is 0 Å². The van der Waals surface area contributed by atoms with Crippen LogP contribution in [0.5, 0.6) is 0 Å². The lowest BCUT2D eigenvalue weighted by molar-refractivity contribution is -0.105. The van der Waals surface area contributed by atoms with Gasteiger partial charge < -0.3 is 9.47 Å². The van der Waals surface area contributed by atoms with Crippen LogP contribution in [0.4, 0.5) is 0 Å². The Kier molecular flexibility index (Phi) is 6.19. The first-order valence-corrected chi connectivity index (χ1v) is 2.69. The minimum atomic E-state index is -0.0734. The lowest BCUT2D eigenvalue weighted by Gasteiger charge is -2.17. The van der Waals surface area contributed by atoms with Gasteiger partial charge in [-0.05, 0) is 20.8 Å². The second-order valence-electron chi connectivity index (χ2n) is 2.66. The predicted molar refractivity (Wildman–Crippen MR) is 39.4 cm³/mol. The highest BCUT2D eigenvalue weighted by Gasteiger charge is 2.07. The van der Waals surface area contributed by atoms with Crippen LogP contribution in [0.2, 0.25) is 0 Å². The largest absolute Gasteiger partial charge is 0.359 e. The molecular weight excluding hydrogens is 116 g/mol. The summed E-state index contributed by atoms with van der Waals surface area (Å²) in [7, 11) is 1.62. The monoisotopic (exact) mass is 134 g/mol.